The van der Waals surface area contributed by atoms with Crippen molar-refractivity contribution < 1.29 is 22.3 Å². The number of benzene rings is 2. The molecule has 0 aromatic heterocycles. The molecule has 166 valence electrons. The minimum Gasteiger partial charge on any atom is -0.492 e. The summed E-state index contributed by atoms with van der Waals surface area (Å²) in [6, 6.07) is 8.55. The van der Waals surface area contributed by atoms with Crippen molar-refractivity contribution in [3.05, 3.63) is 57.6 Å². The molecule has 0 unspecified atom stereocenters. The summed E-state index contributed by atoms with van der Waals surface area (Å²) in [6.07, 6.45) is 3.18. The maximum absolute atomic E-state index is 12.9. The molecule has 2 aromatic carbocycles. The Balaban J connectivity index is 1.97. The highest BCUT2D eigenvalue weighted by Gasteiger charge is 2.30. The maximum atomic E-state index is 12.9. The van der Waals surface area contributed by atoms with Crippen LogP contribution >= 0.6 is 0 Å². The fourth-order valence-electron chi connectivity index (χ4n) is 3.75. The van der Waals surface area contributed by atoms with E-state index in [2.05, 4.69) is 5.10 Å². The standard InChI is InChI=1S/C20H24N4O6S/c1-14-11-16(15-7-9-23(10-8-15)13-22-21)20(29-2)18(12-14)30-31(27,28)19-6-4-3-5-17(19)24(25)26/h3-6,11-13,15H,7-10,21H2,1-2H3. The smallest absolute Gasteiger partial charge is 0.346 e. The number of nitrogens with two attached hydrogens (primary N) is 1. The molecule has 1 heterocycles. The van der Waals surface area contributed by atoms with Gasteiger partial charge in [-0.15, -0.1) is 0 Å². The first-order valence-corrected chi connectivity index (χ1v) is 11.0. The zero-order valence-electron chi connectivity index (χ0n) is 17.2. The van der Waals surface area contributed by atoms with Gasteiger partial charge in [0.05, 0.1) is 12.0 Å². The molecule has 1 fully saturated rings. The monoisotopic (exact) mass is 448 g/mol. The average Bonchev–Trinajstić information content (AvgIpc) is 2.74. The minimum absolute atomic E-state index is 0.00148. The number of likely N-dealkylation sites (tertiary alicyclic amines) is 1. The Morgan fingerprint density at radius 1 is 1.26 bits per heavy atom. The Morgan fingerprint density at radius 2 is 1.94 bits per heavy atom. The number of methoxy groups -OCH3 is 1. The van der Waals surface area contributed by atoms with E-state index in [0.717, 1.165) is 49.2 Å². The van der Waals surface area contributed by atoms with Crippen LogP contribution in [0.3, 0.4) is 0 Å². The molecule has 0 atom stereocenters. The molecule has 1 aliphatic heterocycles. The van der Waals surface area contributed by atoms with Crippen molar-refractivity contribution in [3.8, 4) is 11.5 Å². The highest BCUT2D eigenvalue weighted by atomic mass is 32.2. The number of piperidine rings is 1. The van der Waals surface area contributed by atoms with Crippen LogP contribution in [0.2, 0.25) is 0 Å². The Hall–Kier alpha value is -3.34. The van der Waals surface area contributed by atoms with Crippen LogP contribution in [-0.4, -0.2) is 44.8 Å². The van der Waals surface area contributed by atoms with E-state index in [1.54, 1.807) is 12.4 Å². The number of nitrogens with zero attached hydrogens (tertiary/aromatic N) is 3. The number of hydrogen-bond acceptors (Lipinski definition) is 8. The van der Waals surface area contributed by atoms with Gasteiger partial charge in [0.25, 0.3) is 5.69 Å². The molecule has 0 amide bonds. The lowest BCUT2D eigenvalue weighted by Crippen LogP contribution is -2.32. The van der Waals surface area contributed by atoms with Gasteiger partial charge in [-0.25, -0.2) is 0 Å². The number of rotatable bonds is 7. The Morgan fingerprint density at radius 3 is 2.55 bits per heavy atom. The SMILES string of the molecule is COc1c(OS(=O)(=O)c2ccccc2[N+](=O)[O-])cc(C)cc1C1CCN(C=NN)CC1. The lowest BCUT2D eigenvalue weighted by molar-refractivity contribution is -0.387. The summed E-state index contributed by atoms with van der Waals surface area (Å²) in [4.78, 5) is 12.0. The first-order chi connectivity index (χ1) is 14.8. The third-order valence-corrected chi connectivity index (χ3v) is 6.45. The quantitative estimate of drug-likeness (QED) is 0.170. The van der Waals surface area contributed by atoms with Gasteiger partial charge in [-0.05, 0) is 43.4 Å². The van der Waals surface area contributed by atoms with E-state index in [4.69, 9.17) is 14.8 Å². The number of ether oxygens (including phenoxy) is 1. The van der Waals surface area contributed by atoms with Gasteiger partial charge in [-0.3, -0.25) is 10.1 Å². The molecule has 31 heavy (non-hydrogen) atoms. The second-order valence-corrected chi connectivity index (χ2v) is 8.74. The Kier molecular flexibility index (Phi) is 6.64. The van der Waals surface area contributed by atoms with Gasteiger partial charge in [-0.1, -0.05) is 18.2 Å². The maximum Gasteiger partial charge on any atom is 0.346 e. The van der Waals surface area contributed by atoms with Crippen LogP contribution in [0.4, 0.5) is 5.69 Å². The highest BCUT2D eigenvalue weighted by Crippen LogP contribution is 2.42. The van der Waals surface area contributed by atoms with E-state index in [0.29, 0.717) is 5.75 Å². The number of nitro groups is 1. The average molecular weight is 449 g/mol. The van der Waals surface area contributed by atoms with Gasteiger partial charge in [0.2, 0.25) is 0 Å². The van der Waals surface area contributed by atoms with Crippen molar-refractivity contribution in [1.29, 1.82) is 0 Å². The second kappa shape index (κ2) is 9.21. The molecule has 0 aliphatic carbocycles. The lowest BCUT2D eigenvalue weighted by atomic mass is 9.88. The van der Waals surface area contributed by atoms with Crippen LogP contribution in [0.5, 0.6) is 11.5 Å². The summed E-state index contributed by atoms with van der Waals surface area (Å²) in [7, 11) is -3.02. The summed E-state index contributed by atoms with van der Waals surface area (Å²) in [5.74, 6) is 5.64. The van der Waals surface area contributed by atoms with E-state index in [1.807, 2.05) is 17.9 Å². The number of hydrogen-bond donors (Lipinski definition) is 1. The molecule has 2 aromatic rings. The topological polar surface area (TPSA) is 137 Å². The number of nitro benzene ring substituents is 1. The van der Waals surface area contributed by atoms with Gasteiger partial charge in [0, 0.05) is 24.7 Å². The molecule has 1 aliphatic rings. The van der Waals surface area contributed by atoms with Crippen LogP contribution in [0.1, 0.15) is 29.9 Å². The molecule has 3 rings (SSSR count). The first-order valence-electron chi connectivity index (χ1n) is 9.60. The van der Waals surface area contributed by atoms with Gasteiger partial charge < -0.3 is 19.7 Å². The normalized spacial score (nSPS) is 15.2. The van der Waals surface area contributed by atoms with Crippen LogP contribution in [0.25, 0.3) is 0 Å². The third-order valence-electron chi connectivity index (χ3n) is 5.16. The van der Waals surface area contributed by atoms with Crippen molar-refractivity contribution in [1.82, 2.24) is 4.90 Å². The summed E-state index contributed by atoms with van der Waals surface area (Å²) >= 11 is 0. The van der Waals surface area contributed by atoms with Gasteiger partial charge >= 0.3 is 10.1 Å². The van der Waals surface area contributed by atoms with Gasteiger partial charge in [0.15, 0.2) is 16.4 Å². The first kappa shape index (κ1) is 22.3. The summed E-state index contributed by atoms with van der Waals surface area (Å²) in [5.41, 5.74) is 1.07. The zero-order valence-corrected chi connectivity index (χ0v) is 18.0. The molecular weight excluding hydrogens is 424 g/mol. The zero-order chi connectivity index (χ0) is 22.6. The van der Waals surface area contributed by atoms with Gasteiger partial charge in [-0.2, -0.15) is 13.5 Å². The minimum atomic E-state index is -4.46. The molecule has 0 spiro atoms. The van der Waals surface area contributed by atoms with E-state index >= 15 is 0 Å². The molecule has 0 bridgehead atoms. The molecule has 10 nitrogen and oxygen atoms in total. The van der Waals surface area contributed by atoms with Crippen LogP contribution < -0.4 is 14.8 Å². The van der Waals surface area contributed by atoms with E-state index in [-0.39, 0.29) is 11.7 Å². The van der Waals surface area contributed by atoms with Crippen LogP contribution in [0, 0.1) is 17.0 Å². The second-order valence-electron chi connectivity index (χ2n) is 7.22. The molecule has 0 radical (unpaired) electrons. The van der Waals surface area contributed by atoms with Crippen molar-refractivity contribution >= 4 is 22.1 Å². The molecule has 2 N–H and O–H groups in total. The van der Waals surface area contributed by atoms with E-state index < -0.39 is 25.6 Å². The predicted molar refractivity (Wildman–Crippen MR) is 115 cm³/mol. The molecule has 0 saturated carbocycles. The Bertz CT molecular complexity index is 1090. The summed E-state index contributed by atoms with van der Waals surface area (Å²) < 4.78 is 36.7. The summed E-state index contributed by atoms with van der Waals surface area (Å²) in [5, 5.41) is 14.8. The van der Waals surface area contributed by atoms with E-state index in [9.17, 15) is 18.5 Å². The molecular formula is C20H24N4O6S. The van der Waals surface area contributed by atoms with Crippen LogP contribution in [0.15, 0.2) is 46.4 Å². The predicted octanol–water partition coefficient (Wildman–Crippen LogP) is 2.76. The number of aryl methyl sites for hydroxylation is 1. The van der Waals surface area contributed by atoms with Crippen molar-refractivity contribution in [2.24, 2.45) is 10.9 Å². The fraction of sp³-hybridized carbons (Fsp3) is 0.350. The fourth-order valence-corrected chi connectivity index (χ4v) is 4.85. The highest BCUT2D eigenvalue weighted by molar-refractivity contribution is 7.87. The van der Waals surface area contributed by atoms with Crippen LogP contribution in [-0.2, 0) is 10.1 Å². The molecule has 1 saturated heterocycles. The summed E-state index contributed by atoms with van der Waals surface area (Å²) in [6.45, 7) is 3.31. The Labute approximate surface area is 180 Å². The third kappa shape index (κ3) is 4.88. The lowest BCUT2D eigenvalue weighted by Gasteiger charge is -2.31. The van der Waals surface area contributed by atoms with Crippen molar-refractivity contribution in [3.63, 3.8) is 0 Å². The van der Waals surface area contributed by atoms with Gasteiger partial charge in [0.1, 0.15) is 6.34 Å². The molecule has 11 heteroatoms. The van der Waals surface area contributed by atoms with Crippen molar-refractivity contribution in [2.45, 2.75) is 30.6 Å². The number of para-hydroxylation sites is 1. The van der Waals surface area contributed by atoms with E-state index in [1.165, 1.54) is 19.2 Å². The van der Waals surface area contributed by atoms with Crippen molar-refractivity contribution in [2.75, 3.05) is 20.2 Å². The number of hydrazone groups is 1. The largest absolute Gasteiger partial charge is 0.492 e.